The number of anilines is 1. The van der Waals surface area contributed by atoms with Crippen LogP contribution in [-0.2, 0) is 0 Å². The molecule has 0 saturated carbocycles. The van der Waals surface area contributed by atoms with Crippen LogP contribution in [0.4, 0.5) is 5.69 Å². The highest BCUT2D eigenvalue weighted by Crippen LogP contribution is 2.32. The number of hydrogen-bond acceptors (Lipinski definition) is 6. The molecule has 2 N–H and O–H groups in total. The molecule has 0 atom stereocenters. The molecule has 0 unspecified atom stereocenters. The number of nitrogens with two attached hydrogens (primary N) is 1. The summed E-state index contributed by atoms with van der Waals surface area (Å²) in [5.74, 6) is 0.787. The van der Waals surface area contributed by atoms with Gasteiger partial charge in [-0.2, -0.15) is 0 Å². The second kappa shape index (κ2) is 5.18. The first kappa shape index (κ1) is 11.2. The maximum Gasteiger partial charge on any atom is 0.178 e. The molecule has 16 heavy (non-hydrogen) atoms. The number of aromatic nitrogens is 2. The molecule has 0 radical (unpaired) electrons. The summed E-state index contributed by atoms with van der Waals surface area (Å²) in [6.45, 7) is 2.58. The Morgan fingerprint density at radius 2 is 2.31 bits per heavy atom. The Hall–Kier alpha value is -1.27. The van der Waals surface area contributed by atoms with Crippen LogP contribution in [0.3, 0.4) is 0 Å². The Morgan fingerprint density at radius 3 is 3.00 bits per heavy atom. The minimum Gasteiger partial charge on any atom is -0.494 e. The van der Waals surface area contributed by atoms with Crippen LogP contribution in [0.1, 0.15) is 6.92 Å². The molecule has 1 aromatic carbocycles. The minimum absolute atomic E-state index is 0.631. The van der Waals surface area contributed by atoms with Crippen molar-refractivity contribution in [1.82, 2.24) is 10.2 Å². The third-order valence-electron chi connectivity index (χ3n) is 1.76. The fourth-order valence-corrected chi connectivity index (χ4v) is 2.76. The molecule has 0 amide bonds. The van der Waals surface area contributed by atoms with Gasteiger partial charge in [0, 0.05) is 16.6 Å². The van der Waals surface area contributed by atoms with E-state index in [1.165, 1.54) is 23.1 Å². The van der Waals surface area contributed by atoms with Crippen LogP contribution in [0.15, 0.2) is 32.9 Å². The van der Waals surface area contributed by atoms with Gasteiger partial charge in [-0.1, -0.05) is 23.1 Å². The molecule has 2 rings (SSSR count). The molecule has 0 saturated heterocycles. The van der Waals surface area contributed by atoms with Gasteiger partial charge in [-0.15, -0.1) is 10.2 Å². The highest BCUT2D eigenvalue weighted by Gasteiger charge is 2.04. The smallest absolute Gasteiger partial charge is 0.178 e. The Labute approximate surface area is 102 Å². The number of nitrogen functional groups attached to an aromatic ring is 1. The van der Waals surface area contributed by atoms with E-state index in [4.69, 9.17) is 10.5 Å². The maximum absolute atomic E-state index is 5.79. The van der Waals surface area contributed by atoms with Crippen molar-refractivity contribution >= 4 is 28.8 Å². The van der Waals surface area contributed by atoms with E-state index in [1.807, 2.05) is 25.1 Å². The third kappa shape index (κ3) is 2.86. The minimum atomic E-state index is 0.631. The van der Waals surface area contributed by atoms with Crippen molar-refractivity contribution in [2.75, 3.05) is 12.3 Å². The Kier molecular flexibility index (Phi) is 3.63. The van der Waals surface area contributed by atoms with Crippen LogP contribution < -0.4 is 10.5 Å². The summed E-state index contributed by atoms with van der Waals surface area (Å²) in [4.78, 5) is 1.01. The Bertz CT molecular complexity index is 459. The fourth-order valence-electron chi connectivity index (χ4n) is 1.21. The van der Waals surface area contributed by atoms with E-state index in [1.54, 1.807) is 5.51 Å². The van der Waals surface area contributed by atoms with Crippen LogP contribution in [0.25, 0.3) is 0 Å². The van der Waals surface area contributed by atoms with Crippen molar-refractivity contribution < 1.29 is 4.74 Å². The zero-order valence-corrected chi connectivity index (χ0v) is 10.3. The van der Waals surface area contributed by atoms with E-state index in [2.05, 4.69) is 10.2 Å². The van der Waals surface area contributed by atoms with Crippen molar-refractivity contribution in [2.45, 2.75) is 16.2 Å². The van der Waals surface area contributed by atoms with Crippen molar-refractivity contribution in [3.63, 3.8) is 0 Å². The average Bonchev–Trinajstić information content (AvgIpc) is 2.70. The van der Waals surface area contributed by atoms with Gasteiger partial charge in [-0.25, -0.2) is 0 Å². The molecule has 0 bridgehead atoms. The summed E-state index contributed by atoms with van der Waals surface area (Å²) in [6, 6.07) is 5.66. The van der Waals surface area contributed by atoms with Gasteiger partial charge < -0.3 is 10.5 Å². The largest absolute Gasteiger partial charge is 0.494 e. The Balaban J connectivity index is 2.20. The van der Waals surface area contributed by atoms with Crippen molar-refractivity contribution in [1.29, 1.82) is 0 Å². The summed E-state index contributed by atoms with van der Waals surface area (Å²) >= 11 is 3.04. The van der Waals surface area contributed by atoms with E-state index in [0.29, 0.717) is 12.3 Å². The number of benzene rings is 1. The van der Waals surface area contributed by atoms with Crippen molar-refractivity contribution in [2.24, 2.45) is 0 Å². The normalized spacial score (nSPS) is 10.3. The van der Waals surface area contributed by atoms with Crippen LogP contribution >= 0.6 is 23.1 Å². The van der Waals surface area contributed by atoms with Crippen LogP contribution in [0, 0.1) is 0 Å². The molecular weight excluding hydrogens is 242 g/mol. The van der Waals surface area contributed by atoms with Crippen LogP contribution in [-0.4, -0.2) is 16.8 Å². The van der Waals surface area contributed by atoms with E-state index in [-0.39, 0.29) is 0 Å². The first-order valence-electron chi connectivity index (χ1n) is 4.75. The lowest BCUT2D eigenvalue weighted by Gasteiger charge is -2.06. The average molecular weight is 253 g/mol. The molecule has 84 valence electrons. The quantitative estimate of drug-likeness (QED) is 0.849. The lowest BCUT2D eigenvalue weighted by Crippen LogP contribution is -1.93. The molecule has 0 aliphatic rings. The molecular formula is C10H11N3OS2. The van der Waals surface area contributed by atoms with Crippen molar-refractivity contribution in [3.8, 4) is 5.75 Å². The lowest BCUT2D eigenvalue weighted by molar-refractivity contribution is 0.339. The summed E-state index contributed by atoms with van der Waals surface area (Å²) in [5.41, 5.74) is 8.19. The highest BCUT2D eigenvalue weighted by molar-refractivity contribution is 8.01. The predicted octanol–water partition coefficient (Wildman–Crippen LogP) is 2.67. The van der Waals surface area contributed by atoms with Gasteiger partial charge in [0.1, 0.15) is 11.3 Å². The Morgan fingerprint density at radius 1 is 1.44 bits per heavy atom. The van der Waals surface area contributed by atoms with E-state index < -0.39 is 0 Å². The van der Waals surface area contributed by atoms with E-state index >= 15 is 0 Å². The van der Waals surface area contributed by atoms with Gasteiger partial charge in [-0.05, 0) is 19.1 Å². The second-order valence-electron chi connectivity index (χ2n) is 2.98. The molecule has 0 spiro atoms. The summed E-state index contributed by atoms with van der Waals surface area (Å²) < 4.78 is 6.32. The molecule has 0 aliphatic heterocycles. The van der Waals surface area contributed by atoms with Gasteiger partial charge in [-0.3, -0.25) is 0 Å². The number of nitrogens with zero attached hydrogens (tertiary/aromatic N) is 2. The monoisotopic (exact) mass is 253 g/mol. The number of ether oxygens (including phenoxy) is 1. The van der Waals surface area contributed by atoms with Gasteiger partial charge in [0.05, 0.1) is 6.61 Å². The molecule has 6 heteroatoms. The van der Waals surface area contributed by atoms with Gasteiger partial charge in [0.25, 0.3) is 0 Å². The summed E-state index contributed by atoms with van der Waals surface area (Å²) in [7, 11) is 0. The maximum atomic E-state index is 5.79. The fraction of sp³-hybridized carbons (Fsp3) is 0.200. The standard InChI is InChI=1S/C10H11N3OS2/c1-2-14-8-3-7(11)4-9(5-8)16-10-13-12-6-15-10/h3-6H,2,11H2,1H3. The lowest BCUT2D eigenvalue weighted by atomic mass is 10.3. The van der Waals surface area contributed by atoms with E-state index in [9.17, 15) is 0 Å². The second-order valence-corrected chi connectivity index (χ2v) is 5.13. The summed E-state index contributed by atoms with van der Waals surface area (Å²) in [6.07, 6.45) is 0. The summed E-state index contributed by atoms with van der Waals surface area (Å²) in [5, 5.41) is 7.75. The molecule has 0 aliphatic carbocycles. The van der Waals surface area contributed by atoms with Crippen molar-refractivity contribution in [3.05, 3.63) is 23.7 Å². The van der Waals surface area contributed by atoms with Crippen LogP contribution in [0.2, 0.25) is 0 Å². The molecule has 1 heterocycles. The number of rotatable bonds is 4. The SMILES string of the molecule is CCOc1cc(N)cc(Sc2nncs2)c1. The molecule has 1 aromatic heterocycles. The van der Waals surface area contributed by atoms with Gasteiger partial charge in [0.2, 0.25) is 0 Å². The number of hydrogen-bond donors (Lipinski definition) is 1. The molecule has 2 aromatic rings. The third-order valence-corrected chi connectivity index (χ3v) is 3.51. The molecule has 4 nitrogen and oxygen atoms in total. The highest BCUT2D eigenvalue weighted by atomic mass is 32.2. The first-order valence-corrected chi connectivity index (χ1v) is 6.45. The zero-order valence-electron chi connectivity index (χ0n) is 8.71. The van der Waals surface area contributed by atoms with Gasteiger partial charge in [0.15, 0.2) is 4.34 Å². The van der Waals surface area contributed by atoms with E-state index in [0.717, 1.165) is 15.0 Å². The van der Waals surface area contributed by atoms with Gasteiger partial charge >= 0.3 is 0 Å². The molecule has 0 fully saturated rings. The zero-order chi connectivity index (χ0) is 11.4. The first-order chi connectivity index (χ1) is 7.78. The topological polar surface area (TPSA) is 61.0 Å². The predicted molar refractivity (Wildman–Crippen MR) is 66.1 cm³/mol. The van der Waals surface area contributed by atoms with Crippen LogP contribution in [0.5, 0.6) is 5.75 Å².